The number of nitrogens with one attached hydrogen (secondary N) is 1. The molecule has 0 bridgehead atoms. The number of hydrogen-bond donors (Lipinski definition) is 2. The zero-order chi connectivity index (χ0) is 22.3. The van der Waals surface area contributed by atoms with Crippen LogP contribution >= 0.6 is 0 Å². The third-order valence-corrected chi connectivity index (χ3v) is 7.90. The molecule has 176 valence electrons. The Balaban J connectivity index is 0.00000241. The molecule has 6 rings (SSSR count). The van der Waals surface area contributed by atoms with Crippen LogP contribution in [0.2, 0.25) is 0 Å². The number of hydrogen-bond acceptors (Lipinski definition) is 2. The topological polar surface area (TPSA) is 33.9 Å². The minimum absolute atomic E-state index is 0. The second kappa shape index (κ2) is 9.48. The van der Waals surface area contributed by atoms with Crippen molar-refractivity contribution >= 4 is 5.57 Å². The summed E-state index contributed by atoms with van der Waals surface area (Å²) >= 11 is 0. The highest BCUT2D eigenvalue weighted by atomic mass is 35.5. The summed E-state index contributed by atoms with van der Waals surface area (Å²) in [4.78, 5) is 1.68. The molecule has 3 aliphatic rings. The predicted octanol–water partition coefficient (Wildman–Crippen LogP) is 1.52. The van der Waals surface area contributed by atoms with Gasteiger partial charge in [-0.25, -0.2) is 0 Å². The van der Waals surface area contributed by atoms with Crippen LogP contribution in [0, 0.1) is 0 Å². The summed E-state index contributed by atoms with van der Waals surface area (Å²) < 4.78 is 6.08. The number of aromatic hydroxyl groups is 1. The summed E-state index contributed by atoms with van der Waals surface area (Å²) in [7, 11) is 0. The van der Waals surface area contributed by atoms with Gasteiger partial charge in [0.25, 0.3) is 0 Å². The highest BCUT2D eigenvalue weighted by Crippen LogP contribution is 2.54. The Morgan fingerprint density at radius 1 is 0.882 bits per heavy atom. The third-order valence-electron chi connectivity index (χ3n) is 7.90. The molecule has 0 amide bonds. The van der Waals surface area contributed by atoms with E-state index in [-0.39, 0.29) is 17.8 Å². The molecule has 0 radical (unpaired) electrons. The molecule has 1 saturated heterocycles. The van der Waals surface area contributed by atoms with Gasteiger partial charge in [-0.2, -0.15) is 0 Å². The molecule has 3 aromatic rings. The SMILES string of the molecule is Oc1ccc2c(c1)CC[C@@]21C=C(c2ccc(OCC[NH+]3CCCCC3)cc2)c2ccccc21.[Cl-]. The van der Waals surface area contributed by atoms with Crippen LogP contribution in [0.5, 0.6) is 11.5 Å². The van der Waals surface area contributed by atoms with E-state index in [0.29, 0.717) is 5.75 Å². The Morgan fingerprint density at radius 3 is 2.50 bits per heavy atom. The summed E-state index contributed by atoms with van der Waals surface area (Å²) in [6.07, 6.45) is 8.61. The second-order valence-corrected chi connectivity index (χ2v) is 9.85. The minimum Gasteiger partial charge on any atom is -1.00 e. The number of piperidine rings is 1. The van der Waals surface area contributed by atoms with Crippen LogP contribution in [-0.2, 0) is 11.8 Å². The van der Waals surface area contributed by atoms with Crippen LogP contribution < -0.4 is 22.0 Å². The fourth-order valence-electron chi connectivity index (χ4n) is 6.21. The molecule has 3 aromatic carbocycles. The number of rotatable bonds is 5. The normalized spacial score (nSPS) is 21.0. The van der Waals surface area contributed by atoms with Crippen molar-refractivity contribution in [3.63, 3.8) is 0 Å². The molecule has 1 heterocycles. The molecule has 2 N–H and O–H groups in total. The molecule has 3 nitrogen and oxygen atoms in total. The Labute approximate surface area is 208 Å². The van der Waals surface area contributed by atoms with Gasteiger partial charge in [0.1, 0.15) is 24.7 Å². The molecule has 1 fully saturated rings. The summed E-state index contributed by atoms with van der Waals surface area (Å²) in [5.74, 6) is 1.32. The van der Waals surface area contributed by atoms with Crippen molar-refractivity contribution < 1.29 is 27.2 Å². The maximum atomic E-state index is 9.99. The van der Waals surface area contributed by atoms with Gasteiger partial charge in [-0.15, -0.1) is 0 Å². The van der Waals surface area contributed by atoms with Crippen molar-refractivity contribution in [2.24, 2.45) is 0 Å². The molecule has 0 unspecified atom stereocenters. The van der Waals surface area contributed by atoms with Gasteiger partial charge < -0.3 is 27.2 Å². The first-order valence-electron chi connectivity index (χ1n) is 12.4. The second-order valence-electron chi connectivity index (χ2n) is 9.85. The van der Waals surface area contributed by atoms with E-state index in [9.17, 15) is 5.11 Å². The van der Waals surface area contributed by atoms with Crippen LogP contribution in [0.4, 0.5) is 0 Å². The fourth-order valence-corrected chi connectivity index (χ4v) is 6.21. The van der Waals surface area contributed by atoms with Gasteiger partial charge >= 0.3 is 0 Å². The van der Waals surface area contributed by atoms with Crippen LogP contribution in [0.15, 0.2) is 72.8 Å². The minimum atomic E-state index is -0.0959. The standard InChI is InChI=1S/C30H31NO2.ClH/c32-24-10-13-28-23(20-24)14-15-30(28)21-27(26-6-2-3-7-29(26)30)22-8-11-25(12-9-22)33-19-18-31-16-4-1-5-17-31;/h2-3,6-13,20-21,32H,1,4-5,14-19H2;1H/t30-;/m1./s1. The Hall–Kier alpha value is -2.75. The zero-order valence-electron chi connectivity index (χ0n) is 19.5. The number of aryl methyl sites for hydroxylation is 1. The number of allylic oxidation sites excluding steroid dienone is 1. The molecule has 1 spiro atoms. The van der Waals surface area contributed by atoms with E-state index in [0.717, 1.165) is 31.7 Å². The van der Waals surface area contributed by atoms with Crippen molar-refractivity contribution in [1.82, 2.24) is 0 Å². The zero-order valence-corrected chi connectivity index (χ0v) is 20.3. The van der Waals surface area contributed by atoms with Crippen molar-refractivity contribution in [2.75, 3.05) is 26.2 Å². The van der Waals surface area contributed by atoms with E-state index in [1.165, 1.54) is 65.7 Å². The lowest BCUT2D eigenvalue weighted by Gasteiger charge is -2.25. The molecule has 2 aliphatic carbocycles. The first kappa shape index (κ1) is 23.0. The highest BCUT2D eigenvalue weighted by molar-refractivity contribution is 5.89. The van der Waals surface area contributed by atoms with Gasteiger partial charge in [-0.3, -0.25) is 0 Å². The number of phenolic OH excluding ortho intramolecular Hbond substituents is 1. The van der Waals surface area contributed by atoms with Gasteiger partial charge in [0.05, 0.1) is 13.1 Å². The Morgan fingerprint density at radius 2 is 1.68 bits per heavy atom. The maximum Gasteiger partial charge on any atom is 0.137 e. The summed E-state index contributed by atoms with van der Waals surface area (Å²) in [5, 5.41) is 9.99. The van der Waals surface area contributed by atoms with Gasteiger partial charge in [0.2, 0.25) is 0 Å². The van der Waals surface area contributed by atoms with E-state index in [1.807, 2.05) is 12.1 Å². The molecule has 1 atom stereocenters. The first-order chi connectivity index (χ1) is 16.2. The van der Waals surface area contributed by atoms with Gasteiger partial charge in [0, 0.05) is 5.41 Å². The van der Waals surface area contributed by atoms with Crippen LogP contribution in [0.3, 0.4) is 0 Å². The molecular weight excluding hydrogens is 442 g/mol. The van der Waals surface area contributed by atoms with Crippen molar-refractivity contribution in [1.29, 1.82) is 0 Å². The summed E-state index contributed by atoms with van der Waals surface area (Å²) in [6.45, 7) is 4.46. The molecular formula is C30H32ClNO2. The number of phenols is 1. The lowest BCUT2D eigenvalue weighted by molar-refractivity contribution is -0.904. The molecule has 4 heteroatoms. The predicted molar refractivity (Wildman–Crippen MR) is 132 cm³/mol. The quantitative estimate of drug-likeness (QED) is 0.589. The van der Waals surface area contributed by atoms with Gasteiger partial charge in [-0.1, -0.05) is 48.5 Å². The van der Waals surface area contributed by atoms with Crippen molar-refractivity contribution in [3.8, 4) is 11.5 Å². The van der Waals surface area contributed by atoms with Crippen molar-refractivity contribution in [3.05, 3.63) is 101 Å². The van der Waals surface area contributed by atoms with E-state index in [2.05, 4.69) is 60.7 Å². The molecule has 1 aliphatic heterocycles. The summed E-state index contributed by atoms with van der Waals surface area (Å²) in [6, 6.07) is 23.4. The lowest BCUT2D eigenvalue weighted by atomic mass is 9.77. The number of likely N-dealkylation sites (tertiary alicyclic amines) is 1. The van der Waals surface area contributed by atoms with Crippen molar-refractivity contribution in [2.45, 2.75) is 37.5 Å². The smallest absolute Gasteiger partial charge is 0.137 e. The third kappa shape index (κ3) is 4.01. The monoisotopic (exact) mass is 473 g/mol. The van der Waals surface area contributed by atoms with E-state index < -0.39 is 0 Å². The van der Waals surface area contributed by atoms with E-state index in [1.54, 1.807) is 4.90 Å². The van der Waals surface area contributed by atoms with Gasteiger partial charge in [-0.05, 0) is 89.8 Å². The number of fused-ring (bicyclic) bond motifs is 4. The maximum absolute atomic E-state index is 9.99. The van der Waals surface area contributed by atoms with Crippen LogP contribution in [-0.4, -0.2) is 31.3 Å². The van der Waals surface area contributed by atoms with Crippen LogP contribution in [0.25, 0.3) is 5.57 Å². The Bertz CT molecular complexity index is 1200. The number of quaternary nitrogens is 1. The number of halogens is 1. The first-order valence-corrected chi connectivity index (χ1v) is 12.4. The average Bonchev–Trinajstić information content (AvgIpc) is 3.39. The molecule has 0 saturated carbocycles. The van der Waals surface area contributed by atoms with E-state index >= 15 is 0 Å². The van der Waals surface area contributed by atoms with E-state index in [4.69, 9.17) is 4.74 Å². The highest BCUT2D eigenvalue weighted by Gasteiger charge is 2.44. The van der Waals surface area contributed by atoms with Gasteiger partial charge in [0.15, 0.2) is 0 Å². The molecule has 34 heavy (non-hydrogen) atoms. The largest absolute Gasteiger partial charge is 1.00 e. The molecule has 0 aromatic heterocycles. The fraction of sp³-hybridized carbons (Fsp3) is 0.333. The average molecular weight is 474 g/mol. The summed E-state index contributed by atoms with van der Waals surface area (Å²) in [5.41, 5.74) is 7.75. The number of benzene rings is 3. The van der Waals surface area contributed by atoms with Crippen LogP contribution in [0.1, 0.15) is 53.5 Å². The Kier molecular flexibility index (Phi) is 6.42. The lowest BCUT2D eigenvalue weighted by Crippen LogP contribution is -3.13. The number of ether oxygens (including phenoxy) is 1.